The topological polar surface area (TPSA) is 12.0 Å². The van der Waals surface area contributed by atoms with Crippen LogP contribution in [0.2, 0.25) is 0 Å². The van der Waals surface area contributed by atoms with Gasteiger partial charge in [0.15, 0.2) is 0 Å². The maximum absolute atomic E-state index is 5.17. The number of terminal acetylenes is 1. The van der Waals surface area contributed by atoms with Crippen molar-refractivity contribution in [3.8, 4) is 12.3 Å². The molecule has 0 aromatic carbocycles. The Kier molecular flexibility index (Phi) is 8.52. The molecule has 0 radical (unpaired) electrons. The van der Waals surface area contributed by atoms with Crippen molar-refractivity contribution in [2.75, 3.05) is 6.54 Å². The summed E-state index contributed by atoms with van der Waals surface area (Å²) in [6, 6.07) is 0.479. The van der Waals surface area contributed by atoms with E-state index in [1.165, 1.54) is 5.57 Å². The van der Waals surface area contributed by atoms with Gasteiger partial charge in [0.25, 0.3) is 0 Å². The molecule has 0 fully saturated rings. The van der Waals surface area contributed by atoms with Crippen LogP contribution in [0.5, 0.6) is 0 Å². The van der Waals surface area contributed by atoms with Gasteiger partial charge in [0.05, 0.1) is 6.54 Å². The van der Waals surface area contributed by atoms with Crippen molar-refractivity contribution < 1.29 is 0 Å². The summed E-state index contributed by atoms with van der Waals surface area (Å²) in [6.07, 6.45) is 15.2. The molecule has 15 heavy (non-hydrogen) atoms. The van der Waals surface area contributed by atoms with Crippen LogP contribution in [0.4, 0.5) is 0 Å². The van der Waals surface area contributed by atoms with E-state index in [0.717, 1.165) is 12.8 Å². The van der Waals surface area contributed by atoms with E-state index in [0.29, 0.717) is 12.6 Å². The Balaban J connectivity index is 3.74. The minimum Gasteiger partial charge on any atom is -0.304 e. The second-order valence-corrected chi connectivity index (χ2v) is 3.66. The van der Waals surface area contributed by atoms with Gasteiger partial charge in [0.1, 0.15) is 0 Å². The Morgan fingerprint density at radius 3 is 2.87 bits per heavy atom. The maximum atomic E-state index is 5.17. The fourth-order valence-corrected chi connectivity index (χ4v) is 1.16. The van der Waals surface area contributed by atoms with Gasteiger partial charge in [-0.15, -0.1) is 6.42 Å². The molecule has 82 valence electrons. The van der Waals surface area contributed by atoms with Crippen molar-refractivity contribution >= 4 is 0 Å². The molecule has 0 rings (SSSR count). The zero-order chi connectivity index (χ0) is 11.5. The quantitative estimate of drug-likeness (QED) is 0.495. The molecule has 0 heterocycles. The molecule has 0 aromatic heterocycles. The van der Waals surface area contributed by atoms with E-state index in [2.05, 4.69) is 37.7 Å². The summed E-state index contributed by atoms with van der Waals surface area (Å²) in [6.45, 7) is 8.57. The van der Waals surface area contributed by atoms with E-state index in [4.69, 9.17) is 6.42 Å². The van der Waals surface area contributed by atoms with Crippen molar-refractivity contribution in [3.05, 3.63) is 36.5 Å². The third kappa shape index (κ3) is 9.05. The van der Waals surface area contributed by atoms with Crippen molar-refractivity contribution in [2.24, 2.45) is 0 Å². The highest BCUT2D eigenvalue weighted by Crippen LogP contribution is 2.06. The largest absolute Gasteiger partial charge is 0.304 e. The molecule has 0 aliphatic rings. The van der Waals surface area contributed by atoms with Crippen LogP contribution in [0.25, 0.3) is 0 Å². The summed E-state index contributed by atoms with van der Waals surface area (Å²) in [5, 5.41) is 3.26. The van der Waals surface area contributed by atoms with Crippen molar-refractivity contribution in [1.82, 2.24) is 5.32 Å². The highest BCUT2D eigenvalue weighted by Gasteiger charge is 1.99. The molecule has 0 bridgehead atoms. The lowest BCUT2D eigenvalue weighted by molar-refractivity contribution is 0.545. The predicted octanol–water partition coefficient (Wildman–Crippen LogP) is 3.07. The van der Waals surface area contributed by atoms with Gasteiger partial charge in [-0.25, -0.2) is 0 Å². The van der Waals surface area contributed by atoms with Gasteiger partial charge in [-0.3, -0.25) is 0 Å². The summed E-state index contributed by atoms with van der Waals surface area (Å²) >= 11 is 0. The summed E-state index contributed by atoms with van der Waals surface area (Å²) in [7, 11) is 0. The summed E-state index contributed by atoms with van der Waals surface area (Å²) < 4.78 is 0. The molecule has 1 atom stereocenters. The Bertz CT molecular complexity index is 266. The second-order valence-electron chi connectivity index (χ2n) is 3.66. The van der Waals surface area contributed by atoms with Gasteiger partial charge in [0.2, 0.25) is 0 Å². The third-order valence-electron chi connectivity index (χ3n) is 2.15. The van der Waals surface area contributed by atoms with Gasteiger partial charge in [-0.05, 0) is 26.7 Å². The van der Waals surface area contributed by atoms with E-state index in [1.807, 2.05) is 12.2 Å². The molecule has 0 spiro atoms. The van der Waals surface area contributed by atoms with Crippen LogP contribution in [-0.4, -0.2) is 12.6 Å². The van der Waals surface area contributed by atoms with Crippen LogP contribution in [0, 0.1) is 12.3 Å². The van der Waals surface area contributed by atoms with Gasteiger partial charge < -0.3 is 5.32 Å². The molecule has 1 unspecified atom stereocenters. The first kappa shape index (κ1) is 13.7. The van der Waals surface area contributed by atoms with Gasteiger partial charge in [-0.2, -0.15) is 0 Å². The second kappa shape index (κ2) is 9.30. The Morgan fingerprint density at radius 1 is 1.53 bits per heavy atom. The first-order valence-corrected chi connectivity index (χ1v) is 5.32. The van der Waals surface area contributed by atoms with E-state index >= 15 is 0 Å². The summed E-state index contributed by atoms with van der Waals surface area (Å²) in [5.41, 5.74) is 1.38. The molecule has 0 aliphatic heterocycles. The molecule has 0 amide bonds. The van der Waals surface area contributed by atoms with E-state index in [1.54, 1.807) is 6.08 Å². The number of hydrogen-bond acceptors (Lipinski definition) is 1. The minimum absolute atomic E-state index is 0.479. The monoisotopic (exact) mass is 203 g/mol. The van der Waals surface area contributed by atoms with Crippen molar-refractivity contribution in [3.63, 3.8) is 0 Å². The number of rotatable bonds is 7. The van der Waals surface area contributed by atoms with Crippen LogP contribution >= 0.6 is 0 Å². The lowest BCUT2D eigenvalue weighted by atomic mass is 10.1. The smallest absolute Gasteiger partial charge is 0.0575 e. The predicted molar refractivity (Wildman–Crippen MR) is 68.6 cm³/mol. The molecule has 1 heteroatoms. The van der Waals surface area contributed by atoms with Crippen molar-refractivity contribution in [2.45, 2.75) is 32.7 Å². The van der Waals surface area contributed by atoms with Gasteiger partial charge in [0, 0.05) is 6.04 Å². The van der Waals surface area contributed by atoms with E-state index < -0.39 is 0 Å². The molecule has 0 saturated carbocycles. The van der Waals surface area contributed by atoms with Gasteiger partial charge >= 0.3 is 0 Å². The molecule has 0 aromatic rings. The lowest BCUT2D eigenvalue weighted by Gasteiger charge is -2.11. The zero-order valence-electron chi connectivity index (χ0n) is 9.79. The Hall–Kier alpha value is -1.26. The van der Waals surface area contributed by atoms with Crippen LogP contribution in [-0.2, 0) is 0 Å². The normalized spacial score (nSPS) is 13.8. The molecule has 1 nitrogen and oxygen atoms in total. The number of hydrogen-bond donors (Lipinski definition) is 1. The Morgan fingerprint density at radius 2 is 2.27 bits per heavy atom. The molecule has 1 N–H and O–H groups in total. The van der Waals surface area contributed by atoms with Crippen LogP contribution in [0.3, 0.4) is 0 Å². The fourth-order valence-electron chi connectivity index (χ4n) is 1.16. The molecular formula is C14H21N. The molecule has 0 saturated heterocycles. The highest BCUT2D eigenvalue weighted by atomic mass is 14.9. The maximum Gasteiger partial charge on any atom is 0.0575 e. The first-order valence-electron chi connectivity index (χ1n) is 5.32. The zero-order valence-corrected chi connectivity index (χ0v) is 9.79. The van der Waals surface area contributed by atoms with Gasteiger partial charge in [-0.1, -0.05) is 42.4 Å². The first-order chi connectivity index (χ1) is 7.20. The summed E-state index contributed by atoms with van der Waals surface area (Å²) in [5.74, 6) is 2.58. The fraction of sp³-hybridized carbons (Fsp3) is 0.429. The van der Waals surface area contributed by atoms with Crippen LogP contribution in [0.1, 0.15) is 26.7 Å². The average molecular weight is 203 g/mol. The summed E-state index contributed by atoms with van der Waals surface area (Å²) in [4.78, 5) is 0. The van der Waals surface area contributed by atoms with Crippen LogP contribution in [0.15, 0.2) is 36.5 Å². The Labute approximate surface area is 94.0 Å². The van der Waals surface area contributed by atoms with E-state index in [-0.39, 0.29) is 0 Å². The number of nitrogens with one attached hydrogen (secondary N) is 1. The van der Waals surface area contributed by atoms with Crippen LogP contribution < -0.4 is 5.32 Å². The standard InChI is InChI=1S/C14H21N/c1-5-7-8-9-13(3)10-11-14(4)15-12-6-2/h2,5,7-9,14-15H,1,10-12H2,3-4H3/b8-7-,13-9+. The highest BCUT2D eigenvalue weighted by molar-refractivity contribution is 5.14. The molecular weight excluding hydrogens is 182 g/mol. The third-order valence-corrected chi connectivity index (χ3v) is 2.15. The van der Waals surface area contributed by atoms with Crippen molar-refractivity contribution in [1.29, 1.82) is 0 Å². The number of allylic oxidation sites excluding steroid dienone is 5. The minimum atomic E-state index is 0.479. The lowest BCUT2D eigenvalue weighted by Crippen LogP contribution is -2.26. The SMILES string of the molecule is C#CCNC(C)CC/C(C)=C/C=C\C=C. The molecule has 0 aliphatic carbocycles. The van der Waals surface area contributed by atoms with E-state index in [9.17, 15) is 0 Å². The average Bonchev–Trinajstić information content (AvgIpc) is 2.24.